The number of rotatable bonds is 6. The van der Waals surface area contributed by atoms with E-state index in [-0.39, 0.29) is 5.91 Å². The predicted molar refractivity (Wildman–Crippen MR) is 92.9 cm³/mol. The van der Waals surface area contributed by atoms with E-state index >= 15 is 0 Å². The number of nitrogens with zero attached hydrogens (tertiary/aromatic N) is 2. The molecule has 1 atom stereocenters. The second kappa shape index (κ2) is 8.17. The average molecular weight is 330 g/mol. The zero-order chi connectivity index (χ0) is 15.9. The molecule has 1 aliphatic rings. The van der Waals surface area contributed by atoms with Gasteiger partial charge in [-0.2, -0.15) is 5.10 Å². The molecular weight excluding hydrogens is 308 g/mol. The highest BCUT2D eigenvalue weighted by Gasteiger charge is 2.17. The minimum atomic E-state index is -0.0961. The monoisotopic (exact) mass is 330 g/mol. The number of nitrogens with one attached hydrogen (secondary N) is 2. The lowest BCUT2D eigenvalue weighted by Crippen LogP contribution is -2.32. The summed E-state index contributed by atoms with van der Waals surface area (Å²) in [7, 11) is 0. The molecular formula is C17H22N4OS. The van der Waals surface area contributed by atoms with Crippen LogP contribution in [0.15, 0.2) is 47.5 Å². The molecule has 0 saturated carbocycles. The third-order valence-corrected chi connectivity index (χ3v) is 4.90. The predicted octanol–water partition coefficient (Wildman–Crippen LogP) is 2.33. The Morgan fingerprint density at radius 3 is 3.00 bits per heavy atom. The fraction of sp³-hybridized carbons (Fsp3) is 0.412. The van der Waals surface area contributed by atoms with E-state index in [9.17, 15) is 4.79 Å². The van der Waals surface area contributed by atoms with Crippen LogP contribution >= 0.6 is 11.8 Å². The largest absolute Gasteiger partial charge is 0.350 e. The quantitative estimate of drug-likeness (QED) is 0.630. The smallest absolute Gasteiger partial charge is 0.271 e. The maximum absolute atomic E-state index is 12.1. The molecule has 3 rings (SSSR count). The van der Waals surface area contributed by atoms with Gasteiger partial charge in [-0.15, -0.1) is 11.8 Å². The molecule has 2 N–H and O–H groups in total. The van der Waals surface area contributed by atoms with Crippen LogP contribution in [-0.4, -0.2) is 41.1 Å². The van der Waals surface area contributed by atoms with Crippen LogP contribution in [0.2, 0.25) is 0 Å². The van der Waals surface area contributed by atoms with E-state index in [4.69, 9.17) is 0 Å². The van der Waals surface area contributed by atoms with Gasteiger partial charge in [0.25, 0.3) is 5.91 Å². The van der Waals surface area contributed by atoms with Crippen LogP contribution in [0, 0.1) is 0 Å². The minimum absolute atomic E-state index is 0.0961. The van der Waals surface area contributed by atoms with Crippen molar-refractivity contribution in [1.29, 1.82) is 0 Å². The summed E-state index contributed by atoms with van der Waals surface area (Å²) in [6.07, 6.45) is 4.18. The Labute approximate surface area is 140 Å². The first-order valence-corrected chi connectivity index (χ1v) is 9.03. The molecule has 1 fully saturated rings. The van der Waals surface area contributed by atoms with Gasteiger partial charge in [0.05, 0.1) is 6.04 Å². The number of hydrogen-bond donors (Lipinski definition) is 2. The summed E-state index contributed by atoms with van der Waals surface area (Å²) in [5.74, 6) is 0.754. The Hall–Kier alpha value is -1.79. The van der Waals surface area contributed by atoms with Gasteiger partial charge in [0.1, 0.15) is 5.69 Å². The van der Waals surface area contributed by atoms with Crippen LogP contribution in [0.4, 0.5) is 0 Å². The highest BCUT2D eigenvalue weighted by molar-refractivity contribution is 7.99. The third kappa shape index (κ3) is 4.59. The summed E-state index contributed by atoms with van der Waals surface area (Å²) < 4.78 is 1.92. The van der Waals surface area contributed by atoms with Crippen LogP contribution in [0.3, 0.4) is 0 Å². The maximum Gasteiger partial charge on any atom is 0.271 e. The molecule has 5 nitrogen and oxygen atoms in total. The Balaban J connectivity index is 1.44. The van der Waals surface area contributed by atoms with Crippen molar-refractivity contribution >= 4 is 17.7 Å². The van der Waals surface area contributed by atoms with Gasteiger partial charge in [-0.05, 0) is 37.6 Å². The first-order valence-electron chi connectivity index (χ1n) is 8.05. The lowest BCUT2D eigenvalue weighted by atomic mass is 10.1. The molecule has 1 unspecified atom stereocenters. The Morgan fingerprint density at radius 1 is 1.35 bits per heavy atom. The number of thioether (sulfide) groups is 1. The van der Waals surface area contributed by atoms with Crippen LogP contribution < -0.4 is 10.6 Å². The van der Waals surface area contributed by atoms with Gasteiger partial charge in [0, 0.05) is 29.9 Å². The molecule has 1 saturated heterocycles. The SMILES string of the molecule is O=C(NCCSc1ccccc1)c1ccn(C2CCCNC2)n1. The number of piperidine rings is 1. The van der Waals surface area contributed by atoms with Crippen LogP contribution in [0.25, 0.3) is 0 Å². The minimum Gasteiger partial charge on any atom is -0.350 e. The van der Waals surface area contributed by atoms with Crippen LogP contribution in [-0.2, 0) is 0 Å². The summed E-state index contributed by atoms with van der Waals surface area (Å²) in [6.45, 7) is 2.64. The summed E-state index contributed by atoms with van der Waals surface area (Å²) in [6, 6.07) is 12.4. The number of carbonyl (C=O) groups is 1. The van der Waals surface area contributed by atoms with Crippen molar-refractivity contribution in [3.63, 3.8) is 0 Å². The molecule has 1 aromatic carbocycles. The van der Waals surface area contributed by atoms with E-state index in [1.165, 1.54) is 4.90 Å². The lowest BCUT2D eigenvalue weighted by Gasteiger charge is -2.22. The topological polar surface area (TPSA) is 59.0 Å². The molecule has 122 valence electrons. The van der Waals surface area contributed by atoms with Gasteiger partial charge < -0.3 is 10.6 Å². The van der Waals surface area contributed by atoms with E-state index in [2.05, 4.69) is 27.9 Å². The third-order valence-electron chi connectivity index (χ3n) is 3.89. The van der Waals surface area contributed by atoms with Gasteiger partial charge >= 0.3 is 0 Å². The number of benzene rings is 1. The second-order valence-corrected chi connectivity index (χ2v) is 6.77. The van der Waals surface area contributed by atoms with Crippen LogP contribution in [0.5, 0.6) is 0 Å². The number of carbonyl (C=O) groups excluding carboxylic acids is 1. The Bertz CT molecular complexity index is 623. The molecule has 0 bridgehead atoms. The lowest BCUT2D eigenvalue weighted by molar-refractivity contribution is 0.0950. The summed E-state index contributed by atoms with van der Waals surface area (Å²) in [4.78, 5) is 13.4. The molecule has 0 spiro atoms. The van der Waals surface area contributed by atoms with Crippen molar-refractivity contribution in [2.75, 3.05) is 25.4 Å². The fourth-order valence-corrected chi connectivity index (χ4v) is 3.45. The van der Waals surface area contributed by atoms with E-state index in [1.54, 1.807) is 17.8 Å². The average Bonchev–Trinajstić information content (AvgIpc) is 3.10. The number of aromatic nitrogens is 2. The zero-order valence-corrected chi connectivity index (χ0v) is 13.9. The number of amides is 1. The van der Waals surface area contributed by atoms with Crippen molar-refractivity contribution in [3.8, 4) is 0 Å². The molecule has 2 aromatic rings. The number of hydrogen-bond acceptors (Lipinski definition) is 4. The summed E-state index contributed by atoms with van der Waals surface area (Å²) in [5, 5.41) is 10.7. The van der Waals surface area contributed by atoms with E-state index in [1.807, 2.05) is 29.1 Å². The molecule has 0 radical (unpaired) electrons. The first kappa shape index (κ1) is 16.1. The van der Waals surface area contributed by atoms with E-state index in [0.717, 1.165) is 31.7 Å². The van der Waals surface area contributed by atoms with Gasteiger partial charge in [0.15, 0.2) is 0 Å². The molecule has 1 aliphatic heterocycles. The maximum atomic E-state index is 12.1. The molecule has 6 heteroatoms. The van der Waals surface area contributed by atoms with Crippen molar-refractivity contribution in [2.45, 2.75) is 23.8 Å². The van der Waals surface area contributed by atoms with Gasteiger partial charge in [0.2, 0.25) is 0 Å². The van der Waals surface area contributed by atoms with Crippen molar-refractivity contribution in [3.05, 3.63) is 48.3 Å². The normalized spacial score (nSPS) is 17.8. The highest BCUT2D eigenvalue weighted by Crippen LogP contribution is 2.17. The highest BCUT2D eigenvalue weighted by atomic mass is 32.2. The van der Waals surface area contributed by atoms with Gasteiger partial charge in [-0.3, -0.25) is 9.48 Å². The molecule has 1 aromatic heterocycles. The van der Waals surface area contributed by atoms with E-state index < -0.39 is 0 Å². The van der Waals surface area contributed by atoms with Crippen molar-refractivity contribution < 1.29 is 4.79 Å². The molecule has 23 heavy (non-hydrogen) atoms. The summed E-state index contributed by atoms with van der Waals surface area (Å²) >= 11 is 1.74. The first-order chi connectivity index (χ1) is 11.3. The Kier molecular flexibility index (Phi) is 5.71. The Morgan fingerprint density at radius 2 is 2.22 bits per heavy atom. The van der Waals surface area contributed by atoms with Gasteiger partial charge in [-0.25, -0.2) is 0 Å². The summed E-state index contributed by atoms with van der Waals surface area (Å²) in [5.41, 5.74) is 0.500. The fourth-order valence-electron chi connectivity index (χ4n) is 2.66. The molecule has 2 heterocycles. The van der Waals surface area contributed by atoms with E-state index in [0.29, 0.717) is 18.3 Å². The second-order valence-electron chi connectivity index (χ2n) is 5.60. The van der Waals surface area contributed by atoms with Gasteiger partial charge in [-0.1, -0.05) is 18.2 Å². The van der Waals surface area contributed by atoms with Crippen molar-refractivity contribution in [2.24, 2.45) is 0 Å². The molecule has 0 aliphatic carbocycles. The molecule has 1 amide bonds. The van der Waals surface area contributed by atoms with Crippen molar-refractivity contribution in [1.82, 2.24) is 20.4 Å². The zero-order valence-electron chi connectivity index (χ0n) is 13.1. The van der Waals surface area contributed by atoms with Crippen LogP contribution in [0.1, 0.15) is 29.4 Å². The standard InChI is InChI=1S/C17H22N4OS/c22-17(19-10-12-23-15-6-2-1-3-7-15)16-8-11-21(20-16)14-5-4-9-18-13-14/h1-3,6-8,11,14,18H,4-5,9-10,12-13H2,(H,19,22).